The molecule has 1 aliphatic rings. The maximum atomic E-state index is 12.7. The molecule has 0 heterocycles. The molecule has 1 aromatic carbocycles. The number of alkyl halides is 1. The summed E-state index contributed by atoms with van der Waals surface area (Å²) in [5.74, 6) is 0.700. The number of carbonyl (C=O) groups is 1. The highest BCUT2D eigenvalue weighted by Gasteiger charge is 2.55. The van der Waals surface area contributed by atoms with Gasteiger partial charge in [-0.3, -0.25) is 4.79 Å². The Morgan fingerprint density at radius 1 is 1.32 bits per heavy atom. The molecule has 2 atom stereocenters. The van der Waals surface area contributed by atoms with E-state index in [0.717, 1.165) is 23.9 Å². The Labute approximate surface area is 124 Å². The van der Waals surface area contributed by atoms with E-state index in [0.29, 0.717) is 5.92 Å². The fourth-order valence-corrected chi connectivity index (χ4v) is 4.20. The highest BCUT2D eigenvalue weighted by Crippen LogP contribution is 2.56. The van der Waals surface area contributed by atoms with Crippen LogP contribution < -0.4 is 5.32 Å². The molecule has 0 unspecified atom stereocenters. The van der Waals surface area contributed by atoms with Gasteiger partial charge in [-0.2, -0.15) is 0 Å². The number of amides is 1. The van der Waals surface area contributed by atoms with Crippen molar-refractivity contribution < 1.29 is 4.79 Å². The van der Waals surface area contributed by atoms with E-state index >= 15 is 0 Å². The molecule has 2 nitrogen and oxygen atoms in total. The second kappa shape index (κ2) is 5.28. The molecule has 2 rings (SSSR count). The van der Waals surface area contributed by atoms with E-state index in [-0.39, 0.29) is 16.7 Å². The van der Waals surface area contributed by atoms with Crippen LogP contribution in [0, 0.1) is 16.7 Å². The third-order valence-electron chi connectivity index (χ3n) is 5.15. The second-order valence-corrected chi connectivity index (χ2v) is 6.91. The Balaban J connectivity index is 2.19. The Morgan fingerprint density at radius 2 is 1.95 bits per heavy atom. The smallest absolute Gasteiger partial charge is 0.230 e. The molecule has 104 valence electrons. The summed E-state index contributed by atoms with van der Waals surface area (Å²) in [5.41, 5.74) is 0.586. The number of hydrogen-bond acceptors (Lipinski definition) is 1. The molecule has 0 saturated heterocycles. The van der Waals surface area contributed by atoms with Crippen LogP contribution in [0.2, 0.25) is 0 Å². The number of halogens is 1. The van der Waals surface area contributed by atoms with E-state index in [1.165, 1.54) is 0 Å². The van der Waals surface area contributed by atoms with Gasteiger partial charge in [-0.05, 0) is 36.3 Å². The Kier molecular flexibility index (Phi) is 4.05. The SMILES string of the molecule is CC1(C)[C@@H](CBr)CC[C@]1(C)C(=O)Nc1ccccc1. The Bertz CT molecular complexity index is 457. The molecule has 1 aromatic rings. The van der Waals surface area contributed by atoms with Gasteiger partial charge in [-0.1, -0.05) is 54.9 Å². The first-order valence-electron chi connectivity index (χ1n) is 6.84. The summed E-state index contributed by atoms with van der Waals surface area (Å²) in [7, 11) is 0. The van der Waals surface area contributed by atoms with Crippen molar-refractivity contribution in [1.29, 1.82) is 0 Å². The molecule has 1 N–H and O–H groups in total. The van der Waals surface area contributed by atoms with E-state index in [2.05, 4.69) is 42.0 Å². The number of carbonyl (C=O) groups excluding carboxylic acids is 1. The summed E-state index contributed by atoms with van der Waals surface area (Å²) in [6, 6.07) is 9.71. The van der Waals surface area contributed by atoms with Gasteiger partial charge < -0.3 is 5.32 Å². The molecular weight excluding hydrogens is 302 g/mol. The summed E-state index contributed by atoms with van der Waals surface area (Å²) in [6.45, 7) is 6.54. The molecule has 19 heavy (non-hydrogen) atoms. The summed E-state index contributed by atoms with van der Waals surface area (Å²) in [5, 5.41) is 4.04. The zero-order valence-corrected chi connectivity index (χ0v) is 13.5. The predicted molar refractivity (Wildman–Crippen MR) is 83.5 cm³/mol. The van der Waals surface area contributed by atoms with Gasteiger partial charge in [0.25, 0.3) is 0 Å². The van der Waals surface area contributed by atoms with Gasteiger partial charge in [0.15, 0.2) is 0 Å². The van der Waals surface area contributed by atoms with Crippen LogP contribution in [0.25, 0.3) is 0 Å². The van der Waals surface area contributed by atoms with Crippen molar-refractivity contribution >= 4 is 27.5 Å². The predicted octanol–water partition coefficient (Wildman–Crippen LogP) is 4.46. The fraction of sp³-hybridized carbons (Fsp3) is 0.562. The van der Waals surface area contributed by atoms with Gasteiger partial charge in [-0.25, -0.2) is 0 Å². The molecule has 0 radical (unpaired) electrons. The Hall–Kier alpha value is -0.830. The molecule has 0 aliphatic heterocycles. The van der Waals surface area contributed by atoms with Crippen molar-refractivity contribution in [2.24, 2.45) is 16.7 Å². The van der Waals surface area contributed by atoms with Gasteiger partial charge in [-0.15, -0.1) is 0 Å². The van der Waals surface area contributed by atoms with E-state index < -0.39 is 0 Å². The third-order valence-corrected chi connectivity index (χ3v) is 5.94. The lowest BCUT2D eigenvalue weighted by molar-refractivity contribution is -0.130. The van der Waals surface area contributed by atoms with Gasteiger partial charge >= 0.3 is 0 Å². The van der Waals surface area contributed by atoms with Crippen LogP contribution in [0.5, 0.6) is 0 Å². The van der Waals surface area contributed by atoms with Gasteiger partial charge in [0, 0.05) is 11.0 Å². The number of para-hydroxylation sites is 1. The summed E-state index contributed by atoms with van der Waals surface area (Å²) >= 11 is 3.59. The highest BCUT2D eigenvalue weighted by atomic mass is 79.9. The Morgan fingerprint density at radius 3 is 2.47 bits per heavy atom. The normalized spacial score (nSPS) is 29.2. The minimum absolute atomic E-state index is 0.00929. The van der Waals surface area contributed by atoms with E-state index in [1.54, 1.807) is 0 Å². The largest absolute Gasteiger partial charge is 0.326 e. The maximum Gasteiger partial charge on any atom is 0.230 e. The lowest BCUT2D eigenvalue weighted by Crippen LogP contribution is -2.44. The summed E-state index contributed by atoms with van der Waals surface area (Å²) in [6.07, 6.45) is 2.06. The van der Waals surface area contributed by atoms with Crippen LogP contribution in [0.3, 0.4) is 0 Å². The second-order valence-electron chi connectivity index (χ2n) is 6.26. The van der Waals surface area contributed by atoms with Gasteiger partial charge in [0.05, 0.1) is 5.41 Å². The zero-order valence-electron chi connectivity index (χ0n) is 11.9. The first kappa shape index (κ1) is 14.6. The lowest BCUT2D eigenvalue weighted by atomic mass is 9.65. The van der Waals surface area contributed by atoms with Crippen LogP contribution in [-0.4, -0.2) is 11.2 Å². The topological polar surface area (TPSA) is 29.1 Å². The van der Waals surface area contributed by atoms with Gasteiger partial charge in [0.2, 0.25) is 5.91 Å². The van der Waals surface area contributed by atoms with Crippen LogP contribution in [0.15, 0.2) is 30.3 Å². The standard InChI is InChI=1S/C16H22BrNO/c1-15(2)12(11-17)9-10-16(15,3)14(19)18-13-7-5-4-6-8-13/h4-8,12H,9-11H2,1-3H3,(H,18,19)/t12-,16-/m1/s1. The average molecular weight is 324 g/mol. The molecule has 1 amide bonds. The van der Waals surface area contributed by atoms with Crippen molar-refractivity contribution in [2.75, 3.05) is 10.6 Å². The van der Waals surface area contributed by atoms with E-state index in [1.807, 2.05) is 30.3 Å². The zero-order chi connectivity index (χ0) is 14.1. The minimum atomic E-state index is -0.304. The quantitative estimate of drug-likeness (QED) is 0.817. The molecule has 0 aromatic heterocycles. The fourth-order valence-electron chi connectivity index (χ4n) is 3.06. The van der Waals surface area contributed by atoms with Crippen LogP contribution >= 0.6 is 15.9 Å². The van der Waals surface area contributed by atoms with Crippen LogP contribution in [0.1, 0.15) is 33.6 Å². The van der Waals surface area contributed by atoms with Crippen molar-refractivity contribution in [3.05, 3.63) is 30.3 Å². The number of nitrogens with one attached hydrogen (secondary N) is 1. The van der Waals surface area contributed by atoms with E-state index in [4.69, 9.17) is 0 Å². The average Bonchev–Trinajstić information content (AvgIpc) is 2.62. The summed E-state index contributed by atoms with van der Waals surface area (Å²) in [4.78, 5) is 12.7. The number of rotatable bonds is 3. The third kappa shape index (κ3) is 2.45. The van der Waals surface area contributed by atoms with Crippen molar-refractivity contribution in [2.45, 2.75) is 33.6 Å². The number of anilines is 1. The molecule has 0 spiro atoms. The maximum absolute atomic E-state index is 12.7. The van der Waals surface area contributed by atoms with Crippen LogP contribution in [-0.2, 0) is 4.79 Å². The van der Waals surface area contributed by atoms with Crippen LogP contribution in [0.4, 0.5) is 5.69 Å². The molecule has 0 bridgehead atoms. The van der Waals surface area contributed by atoms with Gasteiger partial charge in [0.1, 0.15) is 0 Å². The van der Waals surface area contributed by atoms with Crippen molar-refractivity contribution in [3.8, 4) is 0 Å². The summed E-state index contributed by atoms with van der Waals surface area (Å²) < 4.78 is 0. The molecule has 1 fully saturated rings. The monoisotopic (exact) mass is 323 g/mol. The molecule has 3 heteroatoms. The number of benzene rings is 1. The molecule has 1 aliphatic carbocycles. The highest BCUT2D eigenvalue weighted by molar-refractivity contribution is 9.09. The number of hydrogen-bond donors (Lipinski definition) is 1. The van der Waals surface area contributed by atoms with Crippen molar-refractivity contribution in [1.82, 2.24) is 0 Å². The first-order chi connectivity index (χ1) is 8.91. The molecular formula is C16H22BrNO. The minimum Gasteiger partial charge on any atom is -0.326 e. The van der Waals surface area contributed by atoms with Crippen molar-refractivity contribution in [3.63, 3.8) is 0 Å². The molecule has 1 saturated carbocycles. The van der Waals surface area contributed by atoms with E-state index in [9.17, 15) is 4.79 Å². The first-order valence-corrected chi connectivity index (χ1v) is 7.96. The lowest BCUT2D eigenvalue weighted by Gasteiger charge is -2.40.